The SMILES string of the molecule is Cc1cccc(C)c1C(=O)c1ccccc1CN1CCCCC1. The van der Waals surface area contributed by atoms with E-state index in [1.807, 2.05) is 50.2 Å². The fourth-order valence-electron chi connectivity index (χ4n) is 3.55. The van der Waals surface area contributed by atoms with Crippen LogP contribution in [0.1, 0.15) is 51.9 Å². The number of hydrogen-bond acceptors (Lipinski definition) is 2. The Kier molecular flexibility index (Phi) is 4.92. The van der Waals surface area contributed by atoms with E-state index in [1.165, 1.54) is 19.3 Å². The molecule has 0 N–H and O–H groups in total. The van der Waals surface area contributed by atoms with Crippen molar-refractivity contribution in [1.82, 2.24) is 4.90 Å². The van der Waals surface area contributed by atoms with Crippen LogP contribution in [0.3, 0.4) is 0 Å². The lowest BCUT2D eigenvalue weighted by Crippen LogP contribution is -2.29. The Morgan fingerprint density at radius 3 is 2.26 bits per heavy atom. The number of piperidine rings is 1. The number of aryl methyl sites for hydroxylation is 2. The van der Waals surface area contributed by atoms with E-state index in [-0.39, 0.29) is 5.78 Å². The van der Waals surface area contributed by atoms with Crippen LogP contribution < -0.4 is 0 Å². The van der Waals surface area contributed by atoms with Crippen LogP contribution in [0.5, 0.6) is 0 Å². The van der Waals surface area contributed by atoms with Crippen LogP contribution in [0.15, 0.2) is 42.5 Å². The number of nitrogens with zero attached hydrogens (tertiary/aromatic N) is 1. The molecule has 1 saturated heterocycles. The van der Waals surface area contributed by atoms with Crippen LogP contribution >= 0.6 is 0 Å². The molecule has 3 rings (SSSR count). The highest BCUT2D eigenvalue weighted by Gasteiger charge is 2.19. The molecule has 2 aromatic rings. The Morgan fingerprint density at radius 1 is 0.913 bits per heavy atom. The molecule has 120 valence electrons. The monoisotopic (exact) mass is 307 g/mol. The summed E-state index contributed by atoms with van der Waals surface area (Å²) in [6.07, 6.45) is 3.87. The zero-order valence-corrected chi connectivity index (χ0v) is 14.1. The molecule has 1 aliphatic heterocycles. The van der Waals surface area contributed by atoms with Gasteiger partial charge in [0, 0.05) is 17.7 Å². The Labute approximate surface area is 139 Å². The average molecular weight is 307 g/mol. The van der Waals surface area contributed by atoms with Crippen molar-refractivity contribution < 1.29 is 4.79 Å². The number of carbonyl (C=O) groups is 1. The van der Waals surface area contributed by atoms with Crippen LogP contribution in [0.2, 0.25) is 0 Å². The van der Waals surface area contributed by atoms with E-state index >= 15 is 0 Å². The molecule has 0 radical (unpaired) electrons. The van der Waals surface area contributed by atoms with Gasteiger partial charge >= 0.3 is 0 Å². The van der Waals surface area contributed by atoms with Crippen LogP contribution in [0.25, 0.3) is 0 Å². The lowest BCUT2D eigenvalue weighted by Gasteiger charge is -2.27. The first-order chi connectivity index (χ1) is 11.2. The first-order valence-electron chi connectivity index (χ1n) is 8.58. The molecule has 0 unspecified atom stereocenters. The third kappa shape index (κ3) is 3.53. The highest BCUT2D eigenvalue weighted by Crippen LogP contribution is 2.22. The molecule has 2 heteroatoms. The largest absolute Gasteiger partial charge is 0.299 e. The van der Waals surface area contributed by atoms with E-state index in [2.05, 4.69) is 11.0 Å². The summed E-state index contributed by atoms with van der Waals surface area (Å²) < 4.78 is 0. The minimum absolute atomic E-state index is 0.160. The quantitative estimate of drug-likeness (QED) is 0.774. The summed E-state index contributed by atoms with van der Waals surface area (Å²) in [6.45, 7) is 7.21. The van der Waals surface area contributed by atoms with Crippen LogP contribution in [-0.4, -0.2) is 23.8 Å². The van der Waals surface area contributed by atoms with Gasteiger partial charge in [0.1, 0.15) is 0 Å². The van der Waals surface area contributed by atoms with Crippen molar-refractivity contribution in [2.45, 2.75) is 39.7 Å². The fraction of sp³-hybridized carbons (Fsp3) is 0.381. The second kappa shape index (κ2) is 7.10. The number of ketones is 1. The first kappa shape index (κ1) is 15.9. The van der Waals surface area contributed by atoms with Gasteiger partial charge in [-0.2, -0.15) is 0 Å². The second-order valence-electron chi connectivity index (χ2n) is 6.59. The summed E-state index contributed by atoms with van der Waals surface area (Å²) in [5.74, 6) is 0.160. The van der Waals surface area contributed by atoms with Crippen LogP contribution in [0.4, 0.5) is 0 Å². The maximum absolute atomic E-state index is 13.1. The normalized spacial score (nSPS) is 15.6. The van der Waals surface area contributed by atoms with Gasteiger partial charge in [-0.3, -0.25) is 9.69 Å². The second-order valence-corrected chi connectivity index (χ2v) is 6.59. The van der Waals surface area contributed by atoms with Crippen molar-refractivity contribution in [3.8, 4) is 0 Å². The van der Waals surface area contributed by atoms with Gasteiger partial charge in [0.25, 0.3) is 0 Å². The molecule has 0 aromatic heterocycles. The lowest BCUT2D eigenvalue weighted by molar-refractivity contribution is 0.103. The van der Waals surface area contributed by atoms with Gasteiger partial charge in [0.2, 0.25) is 0 Å². The van der Waals surface area contributed by atoms with Crippen molar-refractivity contribution >= 4 is 5.78 Å². The number of benzene rings is 2. The fourth-order valence-corrected chi connectivity index (χ4v) is 3.55. The molecule has 2 nitrogen and oxygen atoms in total. The van der Waals surface area contributed by atoms with Crippen molar-refractivity contribution in [2.24, 2.45) is 0 Å². The maximum atomic E-state index is 13.1. The molecule has 0 bridgehead atoms. The summed E-state index contributed by atoms with van der Waals surface area (Å²) in [4.78, 5) is 15.6. The van der Waals surface area contributed by atoms with E-state index in [4.69, 9.17) is 0 Å². The first-order valence-corrected chi connectivity index (χ1v) is 8.58. The van der Waals surface area contributed by atoms with Crippen LogP contribution in [0, 0.1) is 13.8 Å². The zero-order chi connectivity index (χ0) is 16.2. The van der Waals surface area contributed by atoms with Gasteiger partial charge in [-0.15, -0.1) is 0 Å². The number of carbonyl (C=O) groups excluding carboxylic acids is 1. The standard InChI is InChI=1S/C21H25NO/c1-16-9-8-10-17(2)20(16)21(23)19-12-5-4-11-18(19)15-22-13-6-3-7-14-22/h4-5,8-12H,3,6-7,13-15H2,1-2H3. The third-order valence-corrected chi connectivity index (χ3v) is 4.81. The molecule has 2 aromatic carbocycles. The molecule has 23 heavy (non-hydrogen) atoms. The van der Waals surface area contributed by atoms with Gasteiger partial charge in [-0.05, 0) is 56.5 Å². The molecule has 0 atom stereocenters. The van der Waals surface area contributed by atoms with Crippen molar-refractivity contribution in [3.63, 3.8) is 0 Å². The highest BCUT2D eigenvalue weighted by atomic mass is 16.1. The Balaban J connectivity index is 1.92. The molecule has 1 fully saturated rings. The molecular formula is C21H25NO. The van der Waals surface area contributed by atoms with Crippen molar-refractivity contribution in [1.29, 1.82) is 0 Å². The Hall–Kier alpha value is -1.93. The molecule has 1 aliphatic rings. The maximum Gasteiger partial charge on any atom is 0.193 e. The summed E-state index contributed by atoms with van der Waals surface area (Å²) in [6, 6.07) is 14.2. The van der Waals surface area contributed by atoms with Crippen molar-refractivity contribution in [2.75, 3.05) is 13.1 Å². The molecule has 0 aliphatic carbocycles. The summed E-state index contributed by atoms with van der Waals surface area (Å²) in [5, 5.41) is 0. The number of hydrogen-bond donors (Lipinski definition) is 0. The van der Waals surface area contributed by atoms with Crippen LogP contribution in [-0.2, 0) is 6.54 Å². The van der Waals surface area contributed by atoms with E-state index in [0.717, 1.165) is 47.5 Å². The van der Waals surface area contributed by atoms with E-state index in [0.29, 0.717) is 0 Å². The van der Waals surface area contributed by atoms with E-state index < -0.39 is 0 Å². The van der Waals surface area contributed by atoms with Gasteiger partial charge < -0.3 is 0 Å². The minimum atomic E-state index is 0.160. The Bertz CT molecular complexity index is 678. The molecule has 0 saturated carbocycles. The Morgan fingerprint density at radius 2 is 1.57 bits per heavy atom. The topological polar surface area (TPSA) is 20.3 Å². The zero-order valence-electron chi connectivity index (χ0n) is 14.1. The van der Waals surface area contributed by atoms with Gasteiger partial charge in [0.05, 0.1) is 0 Å². The number of likely N-dealkylation sites (tertiary alicyclic amines) is 1. The molecule has 0 amide bonds. The van der Waals surface area contributed by atoms with E-state index in [1.54, 1.807) is 0 Å². The average Bonchev–Trinajstić information content (AvgIpc) is 2.56. The predicted molar refractivity (Wildman–Crippen MR) is 94.9 cm³/mol. The minimum Gasteiger partial charge on any atom is -0.299 e. The molecular weight excluding hydrogens is 282 g/mol. The molecule has 0 spiro atoms. The predicted octanol–water partition coefficient (Wildman–Crippen LogP) is 4.52. The summed E-state index contributed by atoms with van der Waals surface area (Å²) in [7, 11) is 0. The van der Waals surface area contributed by atoms with Gasteiger partial charge in [-0.25, -0.2) is 0 Å². The molecule has 1 heterocycles. The number of rotatable bonds is 4. The lowest BCUT2D eigenvalue weighted by atomic mass is 9.92. The van der Waals surface area contributed by atoms with Gasteiger partial charge in [-0.1, -0.05) is 48.9 Å². The van der Waals surface area contributed by atoms with Gasteiger partial charge in [0.15, 0.2) is 5.78 Å². The summed E-state index contributed by atoms with van der Waals surface area (Å²) in [5.41, 5.74) is 4.99. The third-order valence-electron chi connectivity index (χ3n) is 4.81. The highest BCUT2D eigenvalue weighted by molar-refractivity contribution is 6.11. The smallest absolute Gasteiger partial charge is 0.193 e. The van der Waals surface area contributed by atoms with Crippen molar-refractivity contribution in [3.05, 3.63) is 70.3 Å². The van der Waals surface area contributed by atoms with E-state index in [9.17, 15) is 4.79 Å². The summed E-state index contributed by atoms with van der Waals surface area (Å²) >= 11 is 0.